The van der Waals surface area contributed by atoms with Gasteiger partial charge in [-0.1, -0.05) is 6.07 Å². The highest BCUT2D eigenvalue weighted by atomic mass is 16.6. The number of benzene rings is 1. The van der Waals surface area contributed by atoms with Crippen LogP contribution in [0, 0.1) is 11.3 Å². The molecule has 1 aromatic rings. The standard InChI is InChI=1S/C17H20N2O3/c1-17(2,3)22-16(20)19-8-4-5-13-15(19)12-7-6-11(10-18)9-14(12)21-13/h6-7,9,13,15H,4-5,8H2,1-3H3/t13-,15-/m1/s1. The SMILES string of the molecule is CC(C)(C)OC(=O)N1CCC[C@H]2Oc3cc(C#N)ccc3[C@H]21. The zero-order chi connectivity index (χ0) is 15.9. The first-order chi connectivity index (χ1) is 10.4. The zero-order valence-corrected chi connectivity index (χ0v) is 13.1. The fourth-order valence-electron chi connectivity index (χ4n) is 3.09. The number of carbonyl (C=O) groups excluding carboxylic acids is 1. The smallest absolute Gasteiger partial charge is 0.410 e. The Balaban J connectivity index is 1.90. The molecule has 116 valence electrons. The molecule has 1 fully saturated rings. The molecule has 0 radical (unpaired) electrons. The Kier molecular flexibility index (Phi) is 3.48. The fraction of sp³-hybridized carbons (Fsp3) is 0.529. The van der Waals surface area contributed by atoms with Gasteiger partial charge in [-0.05, 0) is 45.7 Å². The number of hydrogen-bond acceptors (Lipinski definition) is 4. The summed E-state index contributed by atoms with van der Waals surface area (Å²) >= 11 is 0. The Hall–Kier alpha value is -2.22. The maximum atomic E-state index is 12.5. The molecule has 3 rings (SSSR count). The maximum absolute atomic E-state index is 12.5. The van der Waals surface area contributed by atoms with E-state index < -0.39 is 5.60 Å². The first-order valence-corrected chi connectivity index (χ1v) is 7.59. The number of rotatable bonds is 0. The Bertz CT molecular complexity index is 642. The maximum Gasteiger partial charge on any atom is 0.410 e. The molecule has 0 aromatic heterocycles. The molecule has 0 bridgehead atoms. The molecule has 0 unspecified atom stereocenters. The van der Waals surface area contributed by atoms with Gasteiger partial charge in [0.2, 0.25) is 0 Å². The molecule has 0 spiro atoms. The molecule has 0 saturated carbocycles. The van der Waals surface area contributed by atoms with Gasteiger partial charge in [0.05, 0.1) is 11.6 Å². The number of piperidine rings is 1. The van der Waals surface area contributed by atoms with Crippen molar-refractivity contribution in [2.24, 2.45) is 0 Å². The van der Waals surface area contributed by atoms with Gasteiger partial charge >= 0.3 is 6.09 Å². The average molecular weight is 300 g/mol. The van der Waals surface area contributed by atoms with E-state index >= 15 is 0 Å². The third kappa shape index (κ3) is 2.61. The van der Waals surface area contributed by atoms with E-state index in [4.69, 9.17) is 14.7 Å². The summed E-state index contributed by atoms with van der Waals surface area (Å²) in [6, 6.07) is 7.41. The van der Waals surface area contributed by atoms with Crippen molar-refractivity contribution in [3.63, 3.8) is 0 Å². The van der Waals surface area contributed by atoms with Gasteiger partial charge in [0, 0.05) is 12.1 Å². The largest absolute Gasteiger partial charge is 0.487 e. The number of fused-ring (bicyclic) bond motifs is 3. The van der Waals surface area contributed by atoms with Crippen LogP contribution in [0.15, 0.2) is 18.2 Å². The number of nitriles is 1. The molecule has 2 atom stereocenters. The van der Waals surface area contributed by atoms with E-state index in [9.17, 15) is 4.79 Å². The van der Waals surface area contributed by atoms with Crippen LogP contribution in [0.25, 0.3) is 0 Å². The van der Waals surface area contributed by atoms with Crippen molar-refractivity contribution in [1.82, 2.24) is 4.90 Å². The molecule has 2 heterocycles. The van der Waals surface area contributed by atoms with Crippen LogP contribution in [0.4, 0.5) is 4.79 Å². The molecular weight excluding hydrogens is 280 g/mol. The van der Waals surface area contributed by atoms with Crippen molar-refractivity contribution in [3.8, 4) is 11.8 Å². The second kappa shape index (κ2) is 5.20. The minimum Gasteiger partial charge on any atom is -0.487 e. The number of amides is 1. The normalized spacial score (nSPS) is 23.1. The van der Waals surface area contributed by atoms with E-state index in [-0.39, 0.29) is 18.2 Å². The van der Waals surface area contributed by atoms with E-state index in [1.807, 2.05) is 26.8 Å². The van der Waals surface area contributed by atoms with Crippen LogP contribution in [0.1, 0.15) is 50.8 Å². The second-order valence-corrected chi connectivity index (χ2v) is 6.78. The predicted molar refractivity (Wildman–Crippen MR) is 80.5 cm³/mol. The average Bonchev–Trinajstić information content (AvgIpc) is 2.82. The van der Waals surface area contributed by atoms with Crippen molar-refractivity contribution < 1.29 is 14.3 Å². The van der Waals surface area contributed by atoms with Crippen molar-refractivity contribution >= 4 is 6.09 Å². The number of ether oxygens (including phenoxy) is 2. The summed E-state index contributed by atoms with van der Waals surface area (Å²) in [7, 11) is 0. The van der Waals surface area contributed by atoms with Crippen molar-refractivity contribution in [2.45, 2.75) is 51.4 Å². The molecule has 1 amide bonds. The van der Waals surface area contributed by atoms with Crippen molar-refractivity contribution in [1.29, 1.82) is 5.26 Å². The Labute approximate surface area is 130 Å². The number of likely N-dealkylation sites (tertiary alicyclic amines) is 1. The number of carbonyl (C=O) groups is 1. The zero-order valence-electron chi connectivity index (χ0n) is 13.1. The quantitative estimate of drug-likeness (QED) is 0.736. The lowest BCUT2D eigenvalue weighted by Crippen LogP contribution is -2.46. The summed E-state index contributed by atoms with van der Waals surface area (Å²) < 4.78 is 11.5. The van der Waals surface area contributed by atoms with Crippen LogP contribution < -0.4 is 4.74 Å². The van der Waals surface area contributed by atoms with Crippen molar-refractivity contribution in [2.75, 3.05) is 6.54 Å². The number of hydrogen-bond donors (Lipinski definition) is 0. The van der Waals surface area contributed by atoms with Crippen LogP contribution in [-0.2, 0) is 4.74 Å². The molecular formula is C17H20N2O3. The van der Waals surface area contributed by atoms with Gasteiger partial charge in [-0.15, -0.1) is 0 Å². The van der Waals surface area contributed by atoms with E-state index in [1.165, 1.54) is 0 Å². The molecule has 22 heavy (non-hydrogen) atoms. The topological polar surface area (TPSA) is 62.6 Å². The highest BCUT2D eigenvalue weighted by Crippen LogP contribution is 2.45. The van der Waals surface area contributed by atoms with Gasteiger partial charge in [0.1, 0.15) is 23.5 Å². The van der Waals surface area contributed by atoms with Crippen LogP contribution in [-0.4, -0.2) is 29.2 Å². The molecule has 5 nitrogen and oxygen atoms in total. The molecule has 2 aliphatic heterocycles. The van der Waals surface area contributed by atoms with Gasteiger partial charge in [0.25, 0.3) is 0 Å². The van der Waals surface area contributed by atoms with E-state index in [1.54, 1.807) is 17.0 Å². The van der Waals surface area contributed by atoms with Gasteiger partial charge in [-0.3, -0.25) is 4.90 Å². The molecule has 2 aliphatic rings. The Morgan fingerprint density at radius 1 is 1.45 bits per heavy atom. The Morgan fingerprint density at radius 2 is 2.23 bits per heavy atom. The summed E-state index contributed by atoms with van der Waals surface area (Å²) in [5.74, 6) is 0.713. The minimum absolute atomic E-state index is 0.0507. The van der Waals surface area contributed by atoms with Gasteiger partial charge in [-0.2, -0.15) is 5.26 Å². The summed E-state index contributed by atoms with van der Waals surface area (Å²) in [5, 5.41) is 9.01. The van der Waals surface area contributed by atoms with Crippen LogP contribution in [0.3, 0.4) is 0 Å². The molecule has 0 aliphatic carbocycles. The third-order valence-electron chi connectivity index (χ3n) is 3.94. The second-order valence-electron chi connectivity index (χ2n) is 6.78. The van der Waals surface area contributed by atoms with E-state index in [0.717, 1.165) is 18.4 Å². The van der Waals surface area contributed by atoms with Gasteiger partial charge in [0.15, 0.2) is 0 Å². The fourth-order valence-corrected chi connectivity index (χ4v) is 3.09. The third-order valence-corrected chi connectivity index (χ3v) is 3.94. The number of nitrogens with zero attached hydrogens (tertiary/aromatic N) is 2. The first kappa shape index (κ1) is 14.7. The molecule has 1 saturated heterocycles. The van der Waals surface area contributed by atoms with Crippen LogP contribution >= 0.6 is 0 Å². The molecule has 5 heteroatoms. The van der Waals surface area contributed by atoms with Crippen LogP contribution in [0.2, 0.25) is 0 Å². The predicted octanol–water partition coefficient (Wildman–Crippen LogP) is 3.39. The highest BCUT2D eigenvalue weighted by molar-refractivity contribution is 5.70. The first-order valence-electron chi connectivity index (χ1n) is 7.59. The summed E-state index contributed by atoms with van der Waals surface area (Å²) in [6.07, 6.45) is 1.44. The summed E-state index contributed by atoms with van der Waals surface area (Å²) in [6.45, 7) is 6.26. The lowest BCUT2D eigenvalue weighted by atomic mass is 9.94. The Morgan fingerprint density at radius 3 is 2.91 bits per heavy atom. The lowest BCUT2D eigenvalue weighted by molar-refractivity contribution is -0.00730. The van der Waals surface area contributed by atoms with E-state index in [0.29, 0.717) is 17.9 Å². The highest BCUT2D eigenvalue weighted by Gasteiger charge is 2.44. The van der Waals surface area contributed by atoms with Gasteiger partial charge in [-0.25, -0.2) is 4.79 Å². The molecule has 1 aromatic carbocycles. The van der Waals surface area contributed by atoms with Crippen molar-refractivity contribution in [3.05, 3.63) is 29.3 Å². The minimum atomic E-state index is -0.517. The van der Waals surface area contributed by atoms with E-state index in [2.05, 4.69) is 6.07 Å². The summed E-state index contributed by atoms with van der Waals surface area (Å²) in [4.78, 5) is 14.2. The molecule has 0 N–H and O–H groups in total. The van der Waals surface area contributed by atoms with Gasteiger partial charge < -0.3 is 9.47 Å². The summed E-state index contributed by atoms with van der Waals surface area (Å²) in [5.41, 5.74) is 1.02. The van der Waals surface area contributed by atoms with Crippen LogP contribution in [0.5, 0.6) is 5.75 Å². The lowest BCUT2D eigenvalue weighted by Gasteiger charge is -2.37. The monoisotopic (exact) mass is 300 g/mol.